The van der Waals surface area contributed by atoms with Crippen molar-refractivity contribution in [2.24, 2.45) is 0 Å². The van der Waals surface area contributed by atoms with Crippen LogP contribution >= 0.6 is 0 Å². The number of hydrogen-bond donors (Lipinski definition) is 1. The molecule has 40 heavy (non-hydrogen) atoms. The normalized spacial score (nSPS) is 13.3. The average Bonchev–Trinajstić information content (AvgIpc) is 3.72. The smallest absolute Gasteiger partial charge is 0.416 e. The predicted molar refractivity (Wildman–Crippen MR) is 146 cm³/mol. The number of hydrogen-bond acceptors (Lipinski definition) is 3. The molecule has 1 aliphatic carbocycles. The van der Waals surface area contributed by atoms with Gasteiger partial charge in [-0.1, -0.05) is 36.4 Å². The van der Waals surface area contributed by atoms with Gasteiger partial charge in [-0.15, -0.1) is 0 Å². The average molecular weight is 550 g/mol. The van der Waals surface area contributed by atoms with Crippen molar-refractivity contribution in [2.45, 2.75) is 38.0 Å². The molecule has 1 saturated carbocycles. The minimum atomic E-state index is -4.56. The van der Waals surface area contributed by atoms with Crippen LogP contribution in [0.15, 0.2) is 79.0 Å². The molecular weight excluding hydrogens is 519 g/mol. The molecule has 0 spiro atoms. The topological polar surface area (TPSA) is 65.6 Å². The van der Waals surface area contributed by atoms with Crippen LogP contribution in [0.1, 0.15) is 39.9 Å². The third-order valence-corrected chi connectivity index (χ3v) is 7.20. The lowest BCUT2D eigenvalue weighted by Gasteiger charge is -2.28. The van der Waals surface area contributed by atoms with Crippen molar-refractivity contribution in [1.29, 1.82) is 0 Å². The van der Waals surface area contributed by atoms with Gasteiger partial charge < -0.3 is 19.5 Å². The van der Waals surface area contributed by atoms with Crippen LogP contribution in [0.2, 0.25) is 0 Å². The van der Waals surface area contributed by atoms with E-state index >= 15 is 0 Å². The van der Waals surface area contributed by atoms with Gasteiger partial charge in [-0.2, -0.15) is 13.2 Å². The third kappa shape index (κ3) is 6.30. The molecule has 1 N–H and O–H groups in total. The van der Waals surface area contributed by atoms with E-state index in [0.29, 0.717) is 38.1 Å². The van der Waals surface area contributed by atoms with Gasteiger partial charge in [-0.25, -0.2) is 0 Å². The zero-order valence-corrected chi connectivity index (χ0v) is 22.1. The first-order chi connectivity index (χ1) is 19.2. The Kier molecular flexibility index (Phi) is 7.82. The second kappa shape index (κ2) is 11.5. The highest BCUT2D eigenvalue weighted by atomic mass is 19.4. The van der Waals surface area contributed by atoms with Gasteiger partial charge in [0.1, 0.15) is 12.3 Å². The fourth-order valence-electron chi connectivity index (χ4n) is 4.83. The summed E-state index contributed by atoms with van der Waals surface area (Å²) in [5, 5.41) is 1.08. The summed E-state index contributed by atoms with van der Waals surface area (Å²) in [6, 6.07) is 19.6. The van der Waals surface area contributed by atoms with Crippen LogP contribution < -0.4 is 4.74 Å². The fraction of sp³-hybridized carbons (Fsp3) is 0.290. The van der Waals surface area contributed by atoms with E-state index in [9.17, 15) is 22.8 Å². The SMILES string of the molecule is COc1ccc(CN(CCc2c[nH]c3ccccc23)C(=O)CN(C(=O)c2cccc(C(F)(F)F)c2)C2CC2)cc1. The lowest BCUT2D eigenvalue weighted by atomic mass is 10.1. The van der Waals surface area contributed by atoms with Crippen molar-refractivity contribution in [1.82, 2.24) is 14.8 Å². The van der Waals surface area contributed by atoms with Crippen molar-refractivity contribution in [3.05, 3.63) is 101 Å². The molecule has 4 aromatic rings. The minimum absolute atomic E-state index is 0.0741. The summed E-state index contributed by atoms with van der Waals surface area (Å²) < 4.78 is 45.1. The number of rotatable bonds is 10. The molecule has 1 heterocycles. The molecule has 1 aromatic heterocycles. The highest BCUT2D eigenvalue weighted by Gasteiger charge is 2.37. The molecule has 0 atom stereocenters. The van der Waals surface area contributed by atoms with Crippen LogP contribution in [-0.4, -0.2) is 52.8 Å². The molecule has 5 rings (SSSR count). The quantitative estimate of drug-likeness (QED) is 0.261. The van der Waals surface area contributed by atoms with E-state index in [1.807, 2.05) is 54.7 Å². The number of methoxy groups -OCH3 is 1. The number of benzene rings is 3. The summed E-state index contributed by atoms with van der Waals surface area (Å²) in [5.41, 5.74) is 2.02. The Morgan fingerprint density at radius 1 is 1.00 bits per heavy atom. The zero-order chi connectivity index (χ0) is 28.3. The Hall–Kier alpha value is -4.27. The maximum absolute atomic E-state index is 13.7. The van der Waals surface area contributed by atoms with Gasteiger partial charge in [-0.3, -0.25) is 9.59 Å². The molecule has 208 valence electrons. The van der Waals surface area contributed by atoms with Crippen LogP contribution in [0.25, 0.3) is 10.9 Å². The minimum Gasteiger partial charge on any atom is -0.497 e. The number of halogens is 3. The van der Waals surface area contributed by atoms with E-state index in [1.54, 1.807) is 12.0 Å². The molecule has 1 aliphatic rings. The van der Waals surface area contributed by atoms with Gasteiger partial charge in [-0.05, 0) is 66.8 Å². The van der Waals surface area contributed by atoms with Crippen molar-refractivity contribution in [3.63, 3.8) is 0 Å². The van der Waals surface area contributed by atoms with Crippen LogP contribution in [-0.2, 0) is 23.9 Å². The summed E-state index contributed by atoms with van der Waals surface area (Å²) >= 11 is 0. The van der Waals surface area contributed by atoms with E-state index in [2.05, 4.69) is 4.98 Å². The second-order valence-electron chi connectivity index (χ2n) is 10.0. The molecule has 1 fully saturated rings. The Labute approximate surface area is 230 Å². The number of amides is 2. The fourth-order valence-corrected chi connectivity index (χ4v) is 4.83. The first-order valence-electron chi connectivity index (χ1n) is 13.2. The van der Waals surface area contributed by atoms with Crippen molar-refractivity contribution in [2.75, 3.05) is 20.2 Å². The number of carbonyl (C=O) groups is 2. The van der Waals surface area contributed by atoms with Crippen LogP contribution in [0.3, 0.4) is 0 Å². The van der Waals surface area contributed by atoms with E-state index in [-0.39, 0.29) is 24.1 Å². The zero-order valence-electron chi connectivity index (χ0n) is 22.1. The largest absolute Gasteiger partial charge is 0.497 e. The summed E-state index contributed by atoms with van der Waals surface area (Å²) in [7, 11) is 1.58. The Morgan fingerprint density at radius 2 is 1.75 bits per heavy atom. The predicted octanol–water partition coefficient (Wildman–Crippen LogP) is 6.07. The molecule has 0 radical (unpaired) electrons. The number of nitrogens with zero attached hydrogens (tertiary/aromatic N) is 2. The lowest BCUT2D eigenvalue weighted by Crippen LogP contribution is -2.44. The molecule has 6 nitrogen and oxygen atoms in total. The Balaban J connectivity index is 1.36. The third-order valence-electron chi connectivity index (χ3n) is 7.20. The molecule has 3 aromatic carbocycles. The van der Waals surface area contributed by atoms with Crippen molar-refractivity contribution in [3.8, 4) is 5.75 Å². The van der Waals surface area contributed by atoms with Crippen LogP contribution in [0, 0.1) is 0 Å². The number of nitrogens with one attached hydrogen (secondary N) is 1. The van der Waals surface area contributed by atoms with Crippen LogP contribution in [0.5, 0.6) is 5.75 Å². The van der Waals surface area contributed by atoms with Gasteiger partial charge >= 0.3 is 6.18 Å². The highest BCUT2D eigenvalue weighted by Crippen LogP contribution is 2.32. The van der Waals surface area contributed by atoms with E-state index in [1.165, 1.54) is 17.0 Å². The number of H-pyrrole nitrogens is 1. The number of aromatic nitrogens is 1. The summed E-state index contributed by atoms with van der Waals surface area (Å²) in [4.78, 5) is 33.5. The molecule has 2 amide bonds. The number of para-hydroxylation sites is 1. The molecular formula is C31H30F3N3O3. The highest BCUT2D eigenvalue weighted by molar-refractivity contribution is 5.97. The maximum Gasteiger partial charge on any atom is 0.416 e. The standard InChI is InChI=1S/C31H30F3N3O3/c1-40-26-13-9-21(10-14-26)19-36(16-15-23-18-35-28-8-3-2-7-27(23)28)29(38)20-37(25-11-12-25)30(39)22-5-4-6-24(17-22)31(32,33)34/h2-10,13-14,17-18,25,35H,11-12,15-16,19-20H2,1H3. The first kappa shape index (κ1) is 27.3. The monoisotopic (exact) mass is 549 g/mol. The number of ether oxygens (including phenoxy) is 1. The van der Waals surface area contributed by atoms with Gasteiger partial charge in [0.2, 0.25) is 5.91 Å². The van der Waals surface area contributed by atoms with Crippen molar-refractivity contribution < 1.29 is 27.5 Å². The number of fused-ring (bicyclic) bond motifs is 1. The van der Waals surface area contributed by atoms with Gasteiger partial charge in [0.05, 0.1) is 12.7 Å². The van der Waals surface area contributed by atoms with Gasteiger partial charge in [0.25, 0.3) is 5.91 Å². The van der Waals surface area contributed by atoms with Gasteiger partial charge in [0.15, 0.2) is 0 Å². The van der Waals surface area contributed by atoms with Crippen LogP contribution in [0.4, 0.5) is 13.2 Å². The summed E-state index contributed by atoms with van der Waals surface area (Å²) in [6.07, 6.45) is -0.600. The van der Waals surface area contributed by atoms with E-state index in [0.717, 1.165) is 34.2 Å². The first-order valence-corrected chi connectivity index (χ1v) is 13.2. The van der Waals surface area contributed by atoms with E-state index in [4.69, 9.17) is 4.74 Å². The molecule has 0 saturated heterocycles. The molecule has 9 heteroatoms. The van der Waals surface area contributed by atoms with Crippen molar-refractivity contribution >= 4 is 22.7 Å². The number of carbonyl (C=O) groups excluding carboxylic acids is 2. The summed E-state index contributed by atoms with van der Waals surface area (Å²) in [6.45, 7) is 0.522. The number of alkyl halides is 3. The lowest BCUT2D eigenvalue weighted by molar-refractivity contribution is -0.137. The second-order valence-corrected chi connectivity index (χ2v) is 10.0. The Morgan fingerprint density at radius 3 is 2.45 bits per heavy atom. The molecule has 0 aliphatic heterocycles. The maximum atomic E-state index is 13.7. The Bertz CT molecular complexity index is 1490. The van der Waals surface area contributed by atoms with E-state index < -0.39 is 17.6 Å². The summed E-state index contributed by atoms with van der Waals surface area (Å²) in [5.74, 6) is -0.127. The molecule has 0 bridgehead atoms. The molecule has 0 unspecified atom stereocenters. The number of aromatic amines is 1. The van der Waals surface area contributed by atoms with Gasteiger partial charge in [0, 0.05) is 41.8 Å².